The third-order valence-electron chi connectivity index (χ3n) is 5.44. The molecular formula is C26H27N3O2S2. The second-order valence-electron chi connectivity index (χ2n) is 8.05. The molecule has 0 aliphatic rings. The Morgan fingerprint density at radius 3 is 2.52 bits per heavy atom. The summed E-state index contributed by atoms with van der Waals surface area (Å²) < 4.78 is 2.14. The zero-order valence-corrected chi connectivity index (χ0v) is 20.6. The summed E-state index contributed by atoms with van der Waals surface area (Å²) in [4.78, 5) is 26.7. The third-order valence-corrected chi connectivity index (χ3v) is 7.35. The molecule has 0 fully saturated rings. The highest BCUT2D eigenvalue weighted by atomic mass is 32.2. The monoisotopic (exact) mass is 477 g/mol. The van der Waals surface area contributed by atoms with Crippen LogP contribution in [0.25, 0.3) is 10.9 Å². The van der Waals surface area contributed by atoms with Crippen molar-refractivity contribution in [2.24, 2.45) is 0 Å². The molecule has 7 heteroatoms. The van der Waals surface area contributed by atoms with Gasteiger partial charge in [0.05, 0.1) is 10.6 Å². The molecule has 0 aliphatic heterocycles. The molecule has 0 unspecified atom stereocenters. The first-order valence-electron chi connectivity index (χ1n) is 10.8. The molecule has 0 radical (unpaired) electrons. The summed E-state index contributed by atoms with van der Waals surface area (Å²) in [7, 11) is 0. The van der Waals surface area contributed by atoms with Crippen LogP contribution in [0, 0.1) is 20.8 Å². The number of hydrogen-bond donors (Lipinski definition) is 2. The summed E-state index contributed by atoms with van der Waals surface area (Å²) in [5, 5.41) is 9.07. The van der Waals surface area contributed by atoms with Gasteiger partial charge in [0.15, 0.2) is 0 Å². The number of carbonyl (C=O) groups is 2. The third kappa shape index (κ3) is 5.49. The van der Waals surface area contributed by atoms with Crippen molar-refractivity contribution < 1.29 is 9.59 Å². The van der Waals surface area contributed by atoms with Crippen LogP contribution >= 0.6 is 23.1 Å². The molecule has 2 aromatic heterocycles. The molecular weight excluding hydrogens is 450 g/mol. The Bertz CT molecular complexity index is 1270. The Labute approximate surface area is 202 Å². The van der Waals surface area contributed by atoms with Gasteiger partial charge in [0.1, 0.15) is 0 Å². The molecule has 0 saturated carbocycles. The molecule has 0 atom stereocenters. The van der Waals surface area contributed by atoms with Crippen LogP contribution < -0.4 is 10.6 Å². The SMILES string of the molecule is Cc1cc(C)c(NC(=O)CSc2cn(CCNC(=O)c3cccs3)c3ccccc23)c(C)c1. The lowest BCUT2D eigenvalue weighted by molar-refractivity contribution is -0.113. The van der Waals surface area contributed by atoms with Crippen LogP contribution in [0.15, 0.2) is 65.0 Å². The Morgan fingerprint density at radius 2 is 1.79 bits per heavy atom. The highest BCUT2D eigenvalue weighted by molar-refractivity contribution is 8.00. The van der Waals surface area contributed by atoms with Gasteiger partial charge >= 0.3 is 0 Å². The van der Waals surface area contributed by atoms with Gasteiger partial charge in [0.25, 0.3) is 5.91 Å². The molecule has 0 bridgehead atoms. The van der Waals surface area contributed by atoms with Crippen LogP contribution in [0.1, 0.15) is 26.4 Å². The van der Waals surface area contributed by atoms with Crippen molar-refractivity contribution in [3.05, 3.63) is 81.7 Å². The fraction of sp³-hybridized carbons (Fsp3) is 0.231. The van der Waals surface area contributed by atoms with E-state index in [0.717, 1.165) is 32.6 Å². The van der Waals surface area contributed by atoms with Gasteiger partial charge in [0, 0.05) is 40.8 Å². The first kappa shape index (κ1) is 23.1. The second-order valence-corrected chi connectivity index (χ2v) is 10.0. The molecule has 2 heterocycles. The van der Waals surface area contributed by atoms with Gasteiger partial charge in [-0.3, -0.25) is 9.59 Å². The van der Waals surface area contributed by atoms with Crippen molar-refractivity contribution in [1.29, 1.82) is 0 Å². The van der Waals surface area contributed by atoms with Gasteiger partial charge < -0.3 is 15.2 Å². The predicted molar refractivity (Wildman–Crippen MR) is 139 cm³/mol. The normalized spacial score (nSPS) is 11.0. The first-order chi connectivity index (χ1) is 15.9. The van der Waals surface area contributed by atoms with E-state index < -0.39 is 0 Å². The summed E-state index contributed by atoms with van der Waals surface area (Å²) >= 11 is 2.97. The van der Waals surface area contributed by atoms with Gasteiger partial charge in [-0.05, 0) is 49.4 Å². The average Bonchev–Trinajstić information content (AvgIpc) is 3.44. The van der Waals surface area contributed by atoms with E-state index in [4.69, 9.17) is 0 Å². The van der Waals surface area contributed by atoms with Crippen molar-refractivity contribution >= 4 is 51.5 Å². The van der Waals surface area contributed by atoms with E-state index in [0.29, 0.717) is 23.7 Å². The first-order valence-corrected chi connectivity index (χ1v) is 12.7. The number of para-hydroxylation sites is 1. The summed E-state index contributed by atoms with van der Waals surface area (Å²) in [5.41, 5.74) is 5.34. The van der Waals surface area contributed by atoms with Crippen LogP contribution in [0.5, 0.6) is 0 Å². The van der Waals surface area contributed by atoms with Crippen molar-refractivity contribution in [1.82, 2.24) is 9.88 Å². The number of hydrogen-bond acceptors (Lipinski definition) is 4. The molecule has 0 spiro atoms. The van der Waals surface area contributed by atoms with Crippen molar-refractivity contribution in [2.45, 2.75) is 32.2 Å². The zero-order chi connectivity index (χ0) is 23.4. The quantitative estimate of drug-likeness (QED) is 0.316. The number of nitrogens with zero attached hydrogens (tertiary/aromatic N) is 1. The number of amides is 2. The highest BCUT2D eigenvalue weighted by Crippen LogP contribution is 2.30. The van der Waals surface area contributed by atoms with Crippen LogP contribution in [-0.2, 0) is 11.3 Å². The Morgan fingerprint density at radius 1 is 1.03 bits per heavy atom. The van der Waals surface area contributed by atoms with Crippen molar-refractivity contribution in [3.63, 3.8) is 0 Å². The molecule has 170 valence electrons. The fourth-order valence-electron chi connectivity index (χ4n) is 3.99. The Hall–Kier alpha value is -3.03. The highest BCUT2D eigenvalue weighted by Gasteiger charge is 2.13. The van der Waals surface area contributed by atoms with E-state index in [2.05, 4.69) is 52.6 Å². The van der Waals surface area contributed by atoms with E-state index in [9.17, 15) is 9.59 Å². The zero-order valence-electron chi connectivity index (χ0n) is 19.0. The van der Waals surface area contributed by atoms with E-state index in [1.807, 2.05) is 43.5 Å². The summed E-state index contributed by atoms with van der Waals surface area (Å²) in [6, 6.07) is 16.0. The summed E-state index contributed by atoms with van der Waals surface area (Å²) in [6.45, 7) is 7.30. The van der Waals surface area contributed by atoms with Crippen LogP contribution in [0.4, 0.5) is 5.69 Å². The summed E-state index contributed by atoms with van der Waals surface area (Å²) in [5.74, 6) is 0.264. The maximum atomic E-state index is 12.7. The molecule has 2 aromatic carbocycles. The molecule has 0 aliphatic carbocycles. The number of nitrogens with one attached hydrogen (secondary N) is 2. The number of rotatable bonds is 8. The van der Waals surface area contributed by atoms with Gasteiger partial charge in [-0.2, -0.15) is 0 Å². The number of carbonyl (C=O) groups excluding carboxylic acids is 2. The fourth-order valence-corrected chi connectivity index (χ4v) is 5.52. The number of aromatic nitrogens is 1. The molecule has 5 nitrogen and oxygen atoms in total. The average molecular weight is 478 g/mol. The molecule has 33 heavy (non-hydrogen) atoms. The predicted octanol–water partition coefficient (Wildman–Crippen LogP) is 5.79. The number of fused-ring (bicyclic) bond motifs is 1. The number of benzene rings is 2. The molecule has 4 aromatic rings. The standard InChI is InChI=1S/C26H27N3O2S2/c1-17-13-18(2)25(19(3)14-17)28-24(30)16-33-23-15-29(21-8-5-4-7-20(21)23)11-10-27-26(31)22-9-6-12-32-22/h4-9,12-15H,10-11,16H2,1-3H3,(H,27,31)(H,28,30). The maximum absolute atomic E-state index is 12.7. The van der Waals surface area contributed by atoms with E-state index in [-0.39, 0.29) is 11.8 Å². The molecule has 2 N–H and O–H groups in total. The minimum atomic E-state index is -0.0468. The summed E-state index contributed by atoms with van der Waals surface area (Å²) in [6.07, 6.45) is 2.07. The number of anilines is 1. The van der Waals surface area contributed by atoms with E-state index in [1.165, 1.54) is 28.7 Å². The largest absolute Gasteiger partial charge is 0.350 e. The van der Waals surface area contributed by atoms with E-state index in [1.54, 1.807) is 0 Å². The second kappa shape index (κ2) is 10.3. The number of thioether (sulfide) groups is 1. The van der Waals surface area contributed by atoms with Crippen LogP contribution in [0.3, 0.4) is 0 Å². The smallest absolute Gasteiger partial charge is 0.261 e. The van der Waals surface area contributed by atoms with Crippen molar-refractivity contribution in [3.8, 4) is 0 Å². The number of aryl methyl sites for hydroxylation is 3. The van der Waals surface area contributed by atoms with Gasteiger partial charge in [0.2, 0.25) is 5.91 Å². The Kier molecular flexibility index (Phi) is 7.20. The van der Waals surface area contributed by atoms with Gasteiger partial charge in [-0.1, -0.05) is 42.0 Å². The van der Waals surface area contributed by atoms with Gasteiger partial charge in [-0.15, -0.1) is 23.1 Å². The molecule has 4 rings (SSSR count). The lowest BCUT2D eigenvalue weighted by atomic mass is 10.1. The lowest BCUT2D eigenvalue weighted by Crippen LogP contribution is -2.26. The minimum absolute atomic E-state index is 0.0184. The Balaban J connectivity index is 1.41. The van der Waals surface area contributed by atoms with Crippen LogP contribution in [-0.4, -0.2) is 28.7 Å². The topological polar surface area (TPSA) is 63.1 Å². The van der Waals surface area contributed by atoms with Crippen molar-refractivity contribution in [2.75, 3.05) is 17.6 Å². The lowest BCUT2D eigenvalue weighted by Gasteiger charge is -2.12. The van der Waals surface area contributed by atoms with Gasteiger partial charge in [-0.25, -0.2) is 0 Å². The maximum Gasteiger partial charge on any atom is 0.261 e. The minimum Gasteiger partial charge on any atom is -0.350 e. The number of thiophene rings is 1. The van der Waals surface area contributed by atoms with Crippen LogP contribution in [0.2, 0.25) is 0 Å². The molecule has 2 amide bonds. The van der Waals surface area contributed by atoms with E-state index >= 15 is 0 Å². The molecule has 0 saturated heterocycles.